The first kappa shape index (κ1) is 16.6. The molecular weight excluding hydrogens is 427 g/mol. The van der Waals surface area contributed by atoms with Gasteiger partial charge in [0.1, 0.15) is 6.54 Å². The second-order valence-electron chi connectivity index (χ2n) is 3.58. The van der Waals surface area contributed by atoms with Crippen molar-refractivity contribution in [3.8, 4) is 0 Å². The molecule has 0 aliphatic carbocycles. The van der Waals surface area contributed by atoms with Gasteiger partial charge in [-0.25, -0.2) is 0 Å². The zero-order chi connectivity index (χ0) is 13.6. The third-order valence-electron chi connectivity index (χ3n) is 2.25. The summed E-state index contributed by atoms with van der Waals surface area (Å²) in [4.78, 5) is 0. The Labute approximate surface area is 126 Å². The molecule has 6 heteroatoms. The average Bonchev–Trinajstić information content (AvgIpc) is 2.28. The van der Waals surface area contributed by atoms with Gasteiger partial charge in [0, 0.05) is 23.9 Å². The van der Waals surface area contributed by atoms with Gasteiger partial charge >= 0.3 is 49.6 Å². The van der Waals surface area contributed by atoms with Gasteiger partial charge in [-0.2, -0.15) is 4.57 Å². The van der Waals surface area contributed by atoms with Crippen molar-refractivity contribution in [3.05, 3.63) is 42.6 Å². The summed E-state index contributed by atoms with van der Waals surface area (Å²) in [5, 5.41) is 1.32. The molecule has 0 bridgehead atoms. The van der Waals surface area contributed by atoms with Crippen molar-refractivity contribution >= 4 is 46.5 Å². The number of aryl methyl sites for hydroxylation is 1. The van der Waals surface area contributed by atoms with Crippen LogP contribution in [0.1, 0.15) is 13.3 Å². The van der Waals surface area contributed by atoms with Gasteiger partial charge in [-0.15, -0.1) is 0 Å². The van der Waals surface area contributed by atoms with Crippen LogP contribution < -0.4 is 18.5 Å². The van der Waals surface area contributed by atoms with Crippen LogP contribution in [0, 0.1) is 0 Å². The van der Waals surface area contributed by atoms with E-state index in [9.17, 15) is 0 Å². The van der Waals surface area contributed by atoms with Gasteiger partial charge in [-0.05, 0) is 12.1 Å². The molecule has 1 nitrogen and oxygen atoms in total. The summed E-state index contributed by atoms with van der Waals surface area (Å²) in [5.41, 5.74) is 1.33. The molecule has 0 aliphatic heterocycles. The minimum atomic E-state index is -3.05. The fourth-order valence-electron chi connectivity index (χ4n) is 1.66. The van der Waals surface area contributed by atoms with Crippen LogP contribution >= 0.6 is 35.6 Å². The number of fused-ring (bicyclic) bond motifs is 1. The Kier molecular flexibility index (Phi) is 7.32. The Morgan fingerprint density at radius 2 is 1.56 bits per heavy atom. The maximum atomic E-state index is 5.01. The van der Waals surface area contributed by atoms with E-state index in [1.54, 1.807) is 0 Å². The van der Waals surface area contributed by atoms with E-state index in [2.05, 4.69) is 54.1 Å². The molecular formula is C12H14Cl4IN. The van der Waals surface area contributed by atoms with Gasteiger partial charge in [-0.1, -0.05) is 19.1 Å². The molecule has 0 fully saturated rings. The van der Waals surface area contributed by atoms with Crippen LogP contribution in [0.5, 0.6) is 0 Å². The Balaban J connectivity index is 0.000000280. The first-order chi connectivity index (χ1) is 8.42. The second kappa shape index (κ2) is 7.95. The zero-order valence-electron chi connectivity index (χ0n) is 9.79. The number of pyridine rings is 1. The summed E-state index contributed by atoms with van der Waals surface area (Å²) >= 11 is -3.05. The molecule has 18 heavy (non-hydrogen) atoms. The van der Waals surface area contributed by atoms with Crippen LogP contribution in [0.3, 0.4) is 0 Å². The summed E-state index contributed by atoms with van der Waals surface area (Å²) < 4.78 is 2.30. The topological polar surface area (TPSA) is 3.88 Å². The van der Waals surface area contributed by atoms with E-state index in [0.717, 1.165) is 6.54 Å². The summed E-state index contributed by atoms with van der Waals surface area (Å²) in [7, 11) is 20.0. The third kappa shape index (κ3) is 6.62. The van der Waals surface area contributed by atoms with E-state index in [1.165, 1.54) is 17.3 Å². The van der Waals surface area contributed by atoms with Crippen LogP contribution in [0.25, 0.3) is 10.9 Å². The summed E-state index contributed by atoms with van der Waals surface area (Å²) in [6.07, 6.45) is 3.32. The third-order valence-corrected chi connectivity index (χ3v) is 2.25. The molecule has 1 aromatic carbocycles. The number of para-hydroxylation sites is 1. The molecule has 1 aromatic heterocycles. The van der Waals surface area contributed by atoms with Crippen LogP contribution in [-0.2, 0) is 6.54 Å². The molecule has 0 atom stereocenters. The molecule has 0 radical (unpaired) electrons. The fourth-order valence-corrected chi connectivity index (χ4v) is 1.66. The van der Waals surface area contributed by atoms with Gasteiger partial charge < -0.3 is 0 Å². The molecule has 0 spiro atoms. The van der Waals surface area contributed by atoms with E-state index >= 15 is 0 Å². The summed E-state index contributed by atoms with van der Waals surface area (Å²) in [6.45, 7) is 3.30. The Bertz CT molecular complexity index is 487. The molecule has 0 N–H and O–H groups in total. The molecule has 0 amide bonds. The zero-order valence-corrected chi connectivity index (χ0v) is 15.0. The van der Waals surface area contributed by atoms with Crippen LogP contribution in [0.4, 0.5) is 0 Å². The minimum absolute atomic E-state index is 1.10. The second-order valence-corrected chi connectivity index (χ2v) is 22.8. The van der Waals surface area contributed by atoms with Crippen LogP contribution in [0.15, 0.2) is 42.6 Å². The molecule has 0 saturated heterocycles. The van der Waals surface area contributed by atoms with Gasteiger partial charge in [0.15, 0.2) is 6.20 Å². The molecule has 2 aromatic rings. The van der Waals surface area contributed by atoms with Crippen LogP contribution in [-0.4, -0.2) is 0 Å². The van der Waals surface area contributed by atoms with Crippen molar-refractivity contribution in [1.29, 1.82) is 0 Å². The predicted octanol–water partition coefficient (Wildman–Crippen LogP) is 2.30. The number of aromatic nitrogens is 1. The molecule has 1 heterocycles. The van der Waals surface area contributed by atoms with Crippen molar-refractivity contribution < 1.29 is 18.5 Å². The Hall–Kier alpha value is 0.520. The quantitative estimate of drug-likeness (QED) is 0.498. The van der Waals surface area contributed by atoms with Gasteiger partial charge in [-0.3, -0.25) is 0 Å². The van der Waals surface area contributed by atoms with Crippen molar-refractivity contribution in [2.45, 2.75) is 19.9 Å². The van der Waals surface area contributed by atoms with E-state index in [1.807, 2.05) is 0 Å². The van der Waals surface area contributed by atoms with Gasteiger partial charge in [0.05, 0.1) is 0 Å². The fraction of sp³-hybridized carbons (Fsp3) is 0.250. The van der Waals surface area contributed by atoms with Crippen molar-refractivity contribution in [2.75, 3.05) is 0 Å². The number of hydrogen-bond acceptors (Lipinski definition) is 0. The van der Waals surface area contributed by atoms with E-state index in [0.29, 0.717) is 0 Å². The first-order valence-electron chi connectivity index (χ1n) is 5.36. The standard InChI is InChI=1S/C12H14N.Cl4I/c1-2-9-13-10-5-7-11-6-3-4-8-12(11)13;1-5(2,3)4/h3-8,10H,2,9H2,1H3;/q+1;-1. The van der Waals surface area contributed by atoms with E-state index in [-0.39, 0.29) is 0 Å². The van der Waals surface area contributed by atoms with E-state index < -0.39 is 13.9 Å². The molecule has 2 rings (SSSR count). The number of rotatable bonds is 2. The normalized spacial score (nSPS) is 11.8. The molecule has 0 unspecified atom stereocenters. The number of nitrogens with zero attached hydrogens (tertiary/aromatic N) is 1. The average molecular weight is 441 g/mol. The Morgan fingerprint density at radius 3 is 2.17 bits per heavy atom. The van der Waals surface area contributed by atoms with E-state index in [4.69, 9.17) is 35.6 Å². The van der Waals surface area contributed by atoms with Crippen molar-refractivity contribution in [2.24, 2.45) is 0 Å². The Morgan fingerprint density at radius 1 is 1.00 bits per heavy atom. The number of halogens is 5. The van der Waals surface area contributed by atoms with Crippen LogP contribution in [0.2, 0.25) is 0 Å². The van der Waals surface area contributed by atoms with Gasteiger partial charge in [0.2, 0.25) is 5.52 Å². The molecule has 102 valence electrons. The maximum absolute atomic E-state index is 5.01. The predicted molar refractivity (Wildman–Crippen MR) is 77.8 cm³/mol. The number of benzene rings is 1. The number of hydrogen-bond donors (Lipinski definition) is 0. The first-order valence-corrected chi connectivity index (χ1v) is 16.3. The summed E-state index contributed by atoms with van der Waals surface area (Å²) in [5.74, 6) is 0. The molecule has 0 aliphatic rings. The SMILES string of the molecule is CCC[n+]1cccc2ccccc21.Cl[I-](Cl)(Cl)Cl. The van der Waals surface area contributed by atoms with Crippen molar-refractivity contribution in [1.82, 2.24) is 0 Å². The van der Waals surface area contributed by atoms with Crippen molar-refractivity contribution in [3.63, 3.8) is 0 Å². The monoisotopic (exact) mass is 439 g/mol. The summed E-state index contributed by atoms with van der Waals surface area (Å²) in [6, 6.07) is 12.8. The van der Waals surface area contributed by atoms with Gasteiger partial charge in [0.25, 0.3) is 0 Å². The molecule has 0 saturated carbocycles.